The van der Waals surface area contributed by atoms with Crippen LogP contribution >= 0.6 is 11.3 Å². The average Bonchev–Trinajstić information content (AvgIpc) is 3.28. The molecule has 0 spiro atoms. The molecule has 5 nitrogen and oxygen atoms in total. The number of nitrogens with zero attached hydrogens (tertiary/aromatic N) is 2. The predicted molar refractivity (Wildman–Crippen MR) is 122 cm³/mol. The standard InChI is InChI=1S/C24H24FN3O2S/c1-2-14-27(24(30)26-21-7-4-3-5-8-21)18-23(29)28(17-22-9-6-15-31-22)16-19-10-12-20(25)13-11-19/h2-13,15H,1,14,16-18H2,(H,26,30). The molecular formula is C24H24FN3O2S. The van der Waals surface area contributed by atoms with E-state index >= 15 is 0 Å². The van der Waals surface area contributed by atoms with E-state index in [0.717, 1.165) is 10.4 Å². The van der Waals surface area contributed by atoms with Crippen LogP contribution in [0.4, 0.5) is 14.9 Å². The summed E-state index contributed by atoms with van der Waals surface area (Å²) in [6.07, 6.45) is 1.58. The monoisotopic (exact) mass is 437 g/mol. The first-order chi connectivity index (χ1) is 15.0. The Bertz CT molecular complexity index is 991. The molecule has 0 atom stereocenters. The lowest BCUT2D eigenvalue weighted by Crippen LogP contribution is -2.44. The Labute approximate surface area is 185 Å². The summed E-state index contributed by atoms with van der Waals surface area (Å²) >= 11 is 1.56. The van der Waals surface area contributed by atoms with Crippen molar-refractivity contribution in [2.75, 3.05) is 18.4 Å². The first kappa shape index (κ1) is 22.2. The minimum absolute atomic E-state index is 0.0999. The molecule has 0 saturated heterocycles. The van der Waals surface area contributed by atoms with Gasteiger partial charge in [0, 0.05) is 23.7 Å². The van der Waals surface area contributed by atoms with Crippen molar-refractivity contribution < 1.29 is 14.0 Å². The second kappa shape index (κ2) is 11.1. The van der Waals surface area contributed by atoms with Crippen molar-refractivity contribution in [3.05, 3.63) is 101 Å². The molecule has 31 heavy (non-hydrogen) atoms. The van der Waals surface area contributed by atoms with Crippen molar-refractivity contribution in [1.82, 2.24) is 9.80 Å². The summed E-state index contributed by atoms with van der Waals surface area (Å²) in [5.74, 6) is -0.530. The molecule has 1 aromatic heterocycles. The maximum atomic E-state index is 13.3. The van der Waals surface area contributed by atoms with Gasteiger partial charge in [0.15, 0.2) is 0 Å². The molecule has 0 unspecified atom stereocenters. The van der Waals surface area contributed by atoms with E-state index in [1.807, 2.05) is 35.7 Å². The lowest BCUT2D eigenvalue weighted by Gasteiger charge is -2.27. The highest BCUT2D eigenvalue weighted by molar-refractivity contribution is 7.09. The third kappa shape index (κ3) is 6.79. The van der Waals surface area contributed by atoms with E-state index in [1.54, 1.807) is 46.6 Å². The summed E-state index contributed by atoms with van der Waals surface area (Å²) in [5.41, 5.74) is 1.46. The summed E-state index contributed by atoms with van der Waals surface area (Å²) in [5, 5.41) is 4.75. The molecule has 7 heteroatoms. The van der Waals surface area contributed by atoms with E-state index in [1.165, 1.54) is 17.0 Å². The Hall–Kier alpha value is -3.45. The molecule has 3 amide bonds. The molecular weight excluding hydrogens is 413 g/mol. The number of anilines is 1. The van der Waals surface area contributed by atoms with Gasteiger partial charge in [0.2, 0.25) is 5.91 Å². The van der Waals surface area contributed by atoms with Gasteiger partial charge in [-0.1, -0.05) is 42.5 Å². The first-order valence-corrected chi connectivity index (χ1v) is 10.7. The number of carbonyl (C=O) groups is 2. The highest BCUT2D eigenvalue weighted by Gasteiger charge is 2.21. The Morgan fingerprint density at radius 3 is 2.35 bits per heavy atom. The number of benzene rings is 2. The fourth-order valence-corrected chi connectivity index (χ4v) is 3.71. The van der Waals surface area contributed by atoms with E-state index in [4.69, 9.17) is 0 Å². The number of thiophene rings is 1. The number of halogens is 1. The molecule has 2 aromatic carbocycles. The van der Waals surface area contributed by atoms with Gasteiger partial charge in [-0.05, 0) is 41.3 Å². The summed E-state index contributed by atoms with van der Waals surface area (Å²) in [6, 6.07) is 18.6. The van der Waals surface area contributed by atoms with Gasteiger partial charge in [-0.2, -0.15) is 0 Å². The number of amides is 3. The van der Waals surface area contributed by atoms with Crippen molar-refractivity contribution in [3.63, 3.8) is 0 Å². The number of rotatable bonds is 9. The lowest BCUT2D eigenvalue weighted by atomic mass is 10.2. The van der Waals surface area contributed by atoms with Crippen LogP contribution < -0.4 is 5.32 Å². The number of urea groups is 1. The molecule has 0 saturated carbocycles. The third-order valence-electron chi connectivity index (χ3n) is 4.55. The molecule has 0 aliphatic carbocycles. The van der Waals surface area contributed by atoms with Crippen LogP contribution in [0.25, 0.3) is 0 Å². The zero-order valence-corrected chi connectivity index (χ0v) is 17.9. The van der Waals surface area contributed by atoms with Crippen LogP contribution in [0.15, 0.2) is 84.8 Å². The van der Waals surface area contributed by atoms with Crippen molar-refractivity contribution in [2.45, 2.75) is 13.1 Å². The Kier molecular flexibility index (Phi) is 7.95. The highest BCUT2D eigenvalue weighted by Crippen LogP contribution is 2.16. The van der Waals surface area contributed by atoms with E-state index in [-0.39, 0.29) is 30.8 Å². The van der Waals surface area contributed by atoms with Gasteiger partial charge in [-0.15, -0.1) is 17.9 Å². The average molecular weight is 438 g/mol. The largest absolute Gasteiger partial charge is 0.332 e. The summed E-state index contributed by atoms with van der Waals surface area (Å²) in [7, 11) is 0. The Balaban J connectivity index is 1.73. The normalized spacial score (nSPS) is 10.4. The van der Waals surface area contributed by atoms with Crippen LogP contribution in [-0.2, 0) is 17.9 Å². The molecule has 3 rings (SSSR count). The first-order valence-electron chi connectivity index (χ1n) is 9.81. The second-order valence-electron chi connectivity index (χ2n) is 6.92. The van der Waals surface area contributed by atoms with E-state index in [9.17, 15) is 14.0 Å². The zero-order chi connectivity index (χ0) is 22.1. The minimum atomic E-state index is -0.377. The molecule has 1 N–H and O–H groups in total. The van der Waals surface area contributed by atoms with E-state index in [0.29, 0.717) is 18.8 Å². The van der Waals surface area contributed by atoms with E-state index < -0.39 is 0 Å². The highest BCUT2D eigenvalue weighted by atomic mass is 32.1. The molecule has 0 aliphatic heterocycles. The zero-order valence-electron chi connectivity index (χ0n) is 17.0. The third-order valence-corrected chi connectivity index (χ3v) is 5.42. The smallest absolute Gasteiger partial charge is 0.322 e. The number of hydrogen-bond donors (Lipinski definition) is 1. The predicted octanol–water partition coefficient (Wildman–Crippen LogP) is 5.14. The minimum Gasteiger partial charge on any atom is -0.332 e. The van der Waals surface area contributed by atoms with Crippen molar-refractivity contribution >= 4 is 29.0 Å². The maximum Gasteiger partial charge on any atom is 0.322 e. The Morgan fingerprint density at radius 1 is 0.968 bits per heavy atom. The van der Waals surface area contributed by atoms with Crippen molar-refractivity contribution in [1.29, 1.82) is 0 Å². The van der Waals surface area contributed by atoms with E-state index in [2.05, 4.69) is 11.9 Å². The number of para-hydroxylation sites is 1. The van der Waals surface area contributed by atoms with Gasteiger partial charge in [0.05, 0.1) is 6.54 Å². The molecule has 160 valence electrons. The topological polar surface area (TPSA) is 52.7 Å². The molecule has 0 bridgehead atoms. The van der Waals surface area contributed by atoms with Crippen LogP contribution in [0.2, 0.25) is 0 Å². The summed E-state index contributed by atoms with van der Waals surface area (Å²) < 4.78 is 13.3. The van der Waals surface area contributed by atoms with Crippen LogP contribution in [-0.4, -0.2) is 34.8 Å². The SMILES string of the molecule is C=CCN(CC(=O)N(Cc1ccc(F)cc1)Cc1cccs1)C(=O)Nc1ccccc1. The van der Waals surface area contributed by atoms with Gasteiger partial charge < -0.3 is 15.1 Å². The maximum absolute atomic E-state index is 13.3. The summed E-state index contributed by atoms with van der Waals surface area (Å²) in [4.78, 5) is 30.0. The van der Waals surface area contributed by atoms with Crippen LogP contribution in [0.3, 0.4) is 0 Å². The molecule has 1 heterocycles. The Morgan fingerprint density at radius 2 is 1.71 bits per heavy atom. The van der Waals surface area contributed by atoms with Crippen LogP contribution in [0, 0.1) is 5.82 Å². The van der Waals surface area contributed by atoms with Crippen LogP contribution in [0.1, 0.15) is 10.4 Å². The molecule has 0 aliphatic rings. The lowest BCUT2D eigenvalue weighted by molar-refractivity contribution is -0.132. The molecule has 0 fully saturated rings. The van der Waals surface area contributed by atoms with Crippen molar-refractivity contribution in [2.24, 2.45) is 0 Å². The quantitative estimate of drug-likeness (QED) is 0.472. The van der Waals surface area contributed by atoms with Gasteiger partial charge in [0.25, 0.3) is 0 Å². The molecule has 0 radical (unpaired) electrons. The fraction of sp³-hybridized carbons (Fsp3) is 0.167. The van der Waals surface area contributed by atoms with Crippen LogP contribution in [0.5, 0.6) is 0 Å². The fourth-order valence-electron chi connectivity index (χ4n) is 3.00. The van der Waals surface area contributed by atoms with Crippen molar-refractivity contribution in [3.8, 4) is 0 Å². The number of nitrogens with one attached hydrogen (secondary N) is 1. The van der Waals surface area contributed by atoms with Gasteiger partial charge >= 0.3 is 6.03 Å². The van der Waals surface area contributed by atoms with Gasteiger partial charge in [0.1, 0.15) is 12.4 Å². The number of carbonyl (C=O) groups excluding carboxylic acids is 2. The van der Waals surface area contributed by atoms with Gasteiger partial charge in [-0.25, -0.2) is 9.18 Å². The molecule has 3 aromatic rings. The van der Waals surface area contributed by atoms with Gasteiger partial charge in [-0.3, -0.25) is 4.79 Å². The second-order valence-corrected chi connectivity index (χ2v) is 7.95. The number of hydrogen-bond acceptors (Lipinski definition) is 3. The summed E-state index contributed by atoms with van der Waals surface area (Å²) in [6.45, 7) is 4.56.